The van der Waals surface area contributed by atoms with Crippen molar-refractivity contribution in [2.75, 3.05) is 19.8 Å². The monoisotopic (exact) mass is 277 g/mol. The van der Waals surface area contributed by atoms with E-state index in [9.17, 15) is 0 Å². The summed E-state index contributed by atoms with van der Waals surface area (Å²) in [6, 6.07) is 8.99. The highest BCUT2D eigenvalue weighted by atomic mass is 16.5. The highest BCUT2D eigenvalue weighted by Gasteiger charge is 2.14. The van der Waals surface area contributed by atoms with Gasteiger partial charge in [0.2, 0.25) is 0 Å². The molecule has 1 saturated heterocycles. The summed E-state index contributed by atoms with van der Waals surface area (Å²) in [6.45, 7) is 7.05. The maximum absolute atomic E-state index is 5.78. The predicted octanol–water partition coefficient (Wildman–Crippen LogP) is 3.18. The van der Waals surface area contributed by atoms with E-state index in [4.69, 9.17) is 9.47 Å². The van der Waals surface area contributed by atoms with Gasteiger partial charge in [-0.25, -0.2) is 0 Å². The quantitative estimate of drug-likeness (QED) is 0.791. The van der Waals surface area contributed by atoms with Gasteiger partial charge in [-0.1, -0.05) is 19.1 Å². The third-order valence-electron chi connectivity index (χ3n) is 3.75. The molecule has 2 rings (SSSR count). The van der Waals surface area contributed by atoms with Crippen molar-refractivity contribution < 1.29 is 9.47 Å². The lowest BCUT2D eigenvalue weighted by molar-refractivity contribution is 0.0903. The minimum absolute atomic E-state index is 0.412. The average molecular weight is 277 g/mol. The molecule has 1 aliphatic rings. The van der Waals surface area contributed by atoms with E-state index in [1.165, 1.54) is 18.4 Å². The van der Waals surface area contributed by atoms with Crippen molar-refractivity contribution in [2.24, 2.45) is 0 Å². The molecular weight excluding hydrogens is 250 g/mol. The van der Waals surface area contributed by atoms with Gasteiger partial charge in [-0.05, 0) is 50.4 Å². The summed E-state index contributed by atoms with van der Waals surface area (Å²) in [5.74, 6) is 0.961. The number of rotatable bonds is 8. The van der Waals surface area contributed by atoms with E-state index in [1.54, 1.807) is 0 Å². The van der Waals surface area contributed by atoms with Crippen LogP contribution in [0.1, 0.15) is 38.7 Å². The molecule has 2 unspecified atom stereocenters. The van der Waals surface area contributed by atoms with E-state index in [0.717, 1.165) is 38.3 Å². The van der Waals surface area contributed by atoms with Crippen LogP contribution in [0, 0.1) is 0 Å². The van der Waals surface area contributed by atoms with Crippen molar-refractivity contribution in [3.05, 3.63) is 29.8 Å². The molecule has 0 aliphatic carbocycles. The zero-order valence-electron chi connectivity index (χ0n) is 12.7. The summed E-state index contributed by atoms with van der Waals surface area (Å²) in [5.41, 5.74) is 1.35. The summed E-state index contributed by atoms with van der Waals surface area (Å²) in [7, 11) is 0. The van der Waals surface area contributed by atoms with Crippen LogP contribution in [0.25, 0.3) is 0 Å². The fourth-order valence-electron chi connectivity index (χ4n) is 2.68. The minimum Gasteiger partial charge on any atom is -0.493 e. The van der Waals surface area contributed by atoms with Gasteiger partial charge < -0.3 is 14.8 Å². The van der Waals surface area contributed by atoms with Crippen molar-refractivity contribution in [1.82, 2.24) is 5.32 Å². The standard InChI is InChI=1S/C17H27NO2/c1-3-18-14(2)13-15-6-8-17(9-7-15)20-12-10-16-5-4-11-19-16/h6-9,14,16,18H,3-5,10-13H2,1-2H3. The third kappa shape index (κ3) is 5.14. The molecule has 0 spiro atoms. The molecule has 3 nitrogen and oxygen atoms in total. The molecule has 20 heavy (non-hydrogen) atoms. The molecular formula is C17H27NO2. The molecule has 0 bridgehead atoms. The van der Waals surface area contributed by atoms with Gasteiger partial charge in [0.1, 0.15) is 5.75 Å². The molecule has 0 amide bonds. The Labute approximate surface area is 122 Å². The zero-order chi connectivity index (χ0) is 14.2. The number of likely N-dealkylation sites (N-methyl/N-ethyl adjacent to an activating group) is 1. The Kier molecular flexibility index (Phi) is 6.34. The van der Waals surface area contributed by atoms with Gasteiger partial charge in [-0.3, -0.25) is 0 Å². The van der Waals surface area contributed by atoms with Gasteiger partial charge >= 0.3 is 0 Å². The number of nitrogens with one attached hydrogen (secondary N) is 1. The van der Waals surface area contributed by atoms with Gasteiger partial charge in [0.05, 0.1) is 12.7 Å². The number of benzene rings is 1. The molecule has 1 aromatic rings. The van der Waals surface area contributed by atoms with E-state index < -0.39 is 0 Å². The summed E-state index contributed by atoms with van der Waals surface area (Å²) in [6.07, 6.45) is 4.85. The number of hydrogen-bond donors (Lipinski definition) is 1. The van der Waals surface area contributed by atoms with Crippen LogP contribution in [-0.2, 0) is 11.2 Å². The first-order chi connectivity index (χ1) is 9.78. The second-order valence-electron chi connectivity index (χ2n) is 5.58. The van der Waals surface area contributed by atoms with Gasteiger partial charge in [0.15, 0.2) is 0 Å². The van der Waals surface area contributed by atoms with E-state index in [0.29, 0.717) is 12.1 Å². The summed E-state index contributed by atoms with van der Waals surface area (Å²) in [5, 5.41) is 3.43. The molecule has 0 saturated carbocycles. The van der Waals surface area contributed by atoms with E-state index in [1.807, 2.05) is 0 Å². The Morgan fingerprint density at radius 1 is 1.35 bits per heavy atom. The Balaban J connectivity index is 1.70. The Hall–Kier alpha value is -1.06. The van der Waals surface area contributed by atoms with Crippen LogP contribution in [0.15, 0.2) is 24.3 Å². The number of hydrogen-bond acceptors (Lipinski definition) is 3. The van der Waals surface area contributed by atoms with Crippen LogP contribution in [-0.4, -0.2) is 31.9 Å². The van der Waals surface area contributed by atoms with E-state index in [-0.39, 0.29) is 0 Å². The van der Waals surface area contributed by atoms with Crippen LogP contribution in [0.2, 0.25) is 0 Å². The largest absolute Gasteiger partial charge is 0.493 e. The third-order valence-corrected chi connectivity index (χ3v) is 3.75. The maximum atomic E-state index is 5.78. The van der Waals surface area contributed by atoms with Crippen LogP contribution in [0.5, 0.6) is 5.75 Å². The molecule has 112 valence electrons. The predicted molar refractivity (Wildman–Crippen MR) is 82.4 cm³/mol. The average Bonchev–Trinajstić information content (AvgIpc) is 2.94. The van der Waals surface area contributed by atoms with Crippen molar-refractivity contribution in [1.29, 1.82) is 0 Å². The molecule has 2 atom stereocenters. The Bertz CT molecular complexity index is 371. The van der Waals surface area contributed by atoms with Crippen molar-refractivity contribution in [3.63, 3.8) is 0 Å². The summed E-state index contributed by atoms with van der Waals surface area (Å²) < 4.78 is 11.4. The van der Waals surface area contributed by atoms with Crippen molar-refractivity contribution in [3.8, 4) is 5.75 Å². The first-order valence-electron chi connectivity index (χ1n) is 7.84. The summed E-state index contributed by atoms with van der Waals surface area (Å²) >= 11 is 0. The van der Waals surface area contributed by atoms with Crippen LogP contribution in [0.3, 0.4) is 0 Å². The van der Waals surface area contributed by atoms with E-state index >= 15 is 0 Å². The van der Waals surface area contributed by atoms with Crippen LogP contribution in [0.4, 0.5) is 0 Å². The normalized spacial score (nSPS) is 20.0. The second kappa shape index (κ2) is 8.28. The topological polar surface area (TPSA) is 30.5 Å². The minimum atomic E-state index is 0.412. The number of ether oxygens (including phenoxy) is 2. The molecule has 1 N–H and O–H groups in total. The molecule has 1 aromatic carbocycles. The maximum Gasteiger partial charge on any atom is 0.119 e. The van der Waals surface area contributed by atoms with Crippen molar-refractivity contribution in [2.45, 2.75) is 51.7 Å². The molecule has 3 heteroatoms. The molecule has 1 aliphatic heterocycles. The fraction of sp³-hybridized carbons (Fsp3) is 0.647. The van der Waals surface area contributed by atoms with Gasteiger partial charge in [0, 0.05) is 19.1 Å². The van der Waals surface area contributed by atoms with Gasteiger partial charge in [0.25, 0.3) is 0 Å². The highest BCUT2D eigenvalue weighted by molar-refractivity contribution is 5.27. The lowest BCUT2D eigenvalue weighted by atomic mass is 10.1. The van der Waals surface area contributed by atoms with E-state index in [2.05, 4.69) is 43.4 Å². The second-order valence-corrected chi connectivity index (χ2v) is 5.58. The smallest absolute Gasteiger partial charge is 0.119 e. The molecule has 0 aromatic heterocycles. The van der Waals surface area contributed by atoms with Gasteiger partial charge in [-0.15, -0.1) is 0 Å². The zero-order valence-corrected chi connectivity index (χ0v) is 12.7. The highest BCUT2D eigenvalue weighted by Crippen LogP contribution is 2.17. The van der Waals surface area contributed by atoms with Crippen LogP contribution >= 0.6 is 0 Å². The van der Waals surface area contributed by atoms with Crippen LogP contribution < -0.4 is 10.1 Å². The lowest BCUT2D eigenvalue weighted by Gasteiger charge is -2.13. The molecule has 0 radical (unpaired) electrons. The van der Waals surface area contributed by atoms with Gasteiger partial charge in [-0.2, -0.15) is 0 Å². The Morgan fingerprint density at radius 3 is 2.80 bits per heavy atom. The fourth-order valence-corrected chi connectivity index (χ4v) is 2.68. The Morgan fingerprint density at radius 2 is 2.15 bits per heavy atom. The summed E-state index contributed by atoms with van der Waals surface area (Å²) in [4.78, 5) is 0. The SMILES string of the molecule is CCNC(C)Cc1ccc(OCCC2CCCO2)cc1. The first kappa shape index (κ1) is 15.3. The lowest BCUT2D eigenvalue weighted by Crippen LogP contribution is -2.27. The molecule has 1 fully saturated rings. The molecule has 1 heterocycles. The first-order valence-corrected chi connectivity index (χ1v) is 7.84. The van der Waals surface area contributed by atoms with Crippen molar-refractivity contribution >= 4 is 0 Å².